The molecule has 11 heteroatoms. The fourth-order valence-corrected chi connectivity index (χ4v) is 3.99. The number of nitrogens with zero attached hydrogens (tertiary/aromatic N) is 4. The summed E-state index contributed by atoms with van der Waals surface area (Å²) in [6.07, 6.45) is -0.613. The molecule has 0 radical (unpaired) electrons. The minimum absolute atomic E-state index is 0.0835. The number of fused-ring (bicyclic) bond motifs is 1. The van der Waals surface area contributed by atoms with Gasteiger partial charge in [0.2, 0.25) is 0 Å². The van der Waals surface area contributed by atoms with Crippen LogP contribution in [0, 0.1) is 0 Å². The van der Waals surface area contributed by atoms with E-state index >= 15 is 0 Å². The summed E-state index contributed by atoms with van der Waals surface area (Å²) in [4.78, 5) is 16.6. The summed E-state index contributed by atoms with van der Waals surface area (Å²) in [6, 6.07) is 3.29. The number of halogens is 4. The monoisotopic (exact) mass is 483 g/mol. The van der Waals surface area contributed by atoms with Crippen LogP contribution in [0.2, 0.25) is 0 Å². The van der Waals surface area contributed by atoms with Gasteiger partial charge in [-0.1, -0.05) is 21.1 Å². The molecule has 0 atom stereocenters. The van der Waals surface area contributed by atoms with Gasteiger partial charge in [-0.05, 0) is 43.9 Å². The molecule has 30 heavy (non-hydrogen) atoms. The number of aryl methyl sites for hydroxylation is 2. The van der Waals surface area contributed by atoms with Crippen molar-refractivity contribution in [2.24, 2.45) is 7.05 Å². The molecular formula is C19H17BrF3N5O2. The van der Waals surface area contributed by atoms with Crippen LogP contribution in [0.5, 0.6) is 0 Å². The maximum atomic E-state index is 13.0. The normalized spacial score (nSPS) is 13.9. The Morgan fingerprint density at radius 3 is 2.83 bits per heavy atom. The zero-order chi connectivity index (χ0) is 21.5. The van der Waals surface area contributed by atoms with E-state index in [-0.39, 0.29) is 22.4 Å². The van der Waals surface area contributed by atoms with Gasteiger partial charge in [-0.15, -0.1) is 0 Å². The van der Waals surface area contributed by atoms with E-state index in [0.29, 0.717) is 5.89 Å². The van der Waals surface area contributed by atoms with Crippen LogP contribution in [0.1, 0.15) is 45.8 Å². The number of rotatable bonds is 4. The predicted molar refractivity (Wildman–Crippen MR) is 103 cm³/mol. The van der Waals surface area contributed by atoms with Crippen LogP contribution in [0.3, 0.4) is 0 Å². The molecule has 4 rings (SSSR count). The van der Waals surface area contributed by atoms with Gasteiger partial charge in [0, 0.05) is 22.6 Å². The van der Waals surface area contributed by atoms with Gasteiger partial charge >= 0.3 is 6.18 Å². The predicted octanol–water partition coefficient (Wildman–Crippen LogP) is 4.06. The molecule has 0 aliphatic heterocycles. The first-order chi connectivity index (χ1) is 14.2. The highest BCUT2D eigenvalue weighted by atomic mass is 79.9. The maximum Gasteiger partial charge on any atom is 0.417 e. The van der Waals surface area contributed by atoms with Gasteiger partial charge in [0.1, 0.15) is 5.69 Å². The largest absolute Gasteiger partial charge is 0.417 e. The van der Waals surface area contributed by atoms with E-state index in [1.54, 1.807) is 4.68 Å². The first kappa shape index (κ1) is 20.6. The number of alkyl halides is 3. The number of nitrogens with one attached hydrogen (secondary N) is 1. The second-order valence-electron chi connectivity index (χ2n) is 7.00. The molecule has 7 nitrogen and oxygen atoms in total. The number of hydrogen-bond donors (Lipinski definition) is 1. The third kappa shape index (κ3) is 3.98. The van der Waals surface area contributed by atoms with Gasteiger partial charge in [0.05, 0.1) is 17.8 Å². The standard InChI is InChI=1S/C19H17BrF3N5O2/c1-28-16(11-4-2-3-5-14(11)26-28)18-25-15(27-30-18)9-24-17(29)10-6-7-13(20)12(8-10)19(21,22)23/h6-8H,2-5,9H2,1H3,(H,24,29). The molecule has 158 valence electrons. The van der Waals surface area contributed by atoms with Gasteiger partial charge in [-0.2, -0.15) is 23.3 Å². The molecule has 0 fully saturated rings. The zero-order valence-electron chi connectivity index (χ0n) is 15.9. The quantitative estimate of drug-likeness (QED) is 0.604. The number of carbonyl (C=O) groups is 1. The van der Waals surface area contributed by atoms with E-state index in [2.05, 4.69) is 36.5 Å². The molecule has 1 aliphatic rings. The molecule has 0 bridgehead atoms. The minimum Gasteiger partial charge on any atom is -0.345 e. The first-order valence-corrected chi connectivity index (χ1v) is 10.1. The number of amides is 1. The van der Waals surface area contributed by atoms with E-state index in [1.807, 2.05) is 7.05 Å². The Balaban J connectivity index is 1.48. The van der Waals surface area contributed by atoms with Crippen molar-refractivity contribution in [3.63, 3.8) is 0 Å². The number of benzene rings is 1. The number of aromatic nitrogens is 4. The van der Waals surface area contributed by atoms with Gasteiger partial charge in [-0.25, -0.2) is 0 Å². The summed E-state index contributed by atoms with van der Waals surface area (Å²) in [5.41, 5.74) is 1.85. The second kappa shape index (κ2) is 7.86. The lowest BCUT2D eigenvalue weighted by molar-refractivity contribution is -0.138. The molecule has 0 unspecified atom stereocenters. The van der Waals surface area contributed by atoms with Crippen molar-refractivity contribution in [3.8, 4) is 11.6 Å². The maximum absolute atomic E-state index is 13.0. The summed E-state index contributed by atoms with van der Waals surface area (Å²) in [7, 11) is 1.81. The van der Waals surface area contributed by atoms with Crippen molar-refractivity contribution in [2.45, 2.75) is 38.4 Å². The molecule has 1 N–H and O–H groups in total. The molecule has 3 aromatic rings. The van der Waals surface area contributed by atoms with Crippen molar-refractivity contribution < 1.29 is 22.5 Å². The summed E-state index contributed by atoms with van der Waals surface area (Å²) < 4.78 is 46.0. The molecule has 0 spiro atoms. The SMILES string of the molecule is Cn1nc2c(c1-c1nc(CNC(=O)c3ccc(Br)c(C(F)(F)F)c3)no1)CCCC2. The molecule has 2 aromatic heterocycles. The molecule has 0 saturated carbocycles. The fourth-order valence-electron chi connectivity index (χ4n) is 3.52. The first-order valence-electron chi connectivity index (χ1n) is 9.26. The minimum atomic E-state index is -4.57. The summed E-state index contributed by atoms with van der Waals surface area (Å²) in [6.45, 7) is -0.0835. The van der Waals surface area contributed by atoms with Crippen molar-refractivity contribution in [1.82, 2.24) is 25.2 Å². The number of hydrogen-bond acceptors (Lipinski definition) is 5. The molecular weight excluding hydrogens is 467 g/mol. The summed E-state index contributed by atoms with van der Waals surface area (Å²) in [5, 5.41) is 10.9. The molecule has 1 aromatic carbocycles. The van der Waals surface area contributed by atoms with Crippen LogP contribution < -0.4 is 5.32 Å². The highest BCUT2D eigenvalue weighted by Gasteiger charge is 2.33. The smallest absolute Gasteiger partial charge is 0.345 e. The van der Waals surface area contributed by atoms with Gasteiger partial charge in [-0.3, -0.25) is 9.48 Å². The fraction of sp³-hybridized carbons (Fsp3) is 0.368. The van der Waals surface area contributed by atoms with Gasteiger partial charge < -0.3 is 9.84 Å². The Morgan fingerprint density at radius 1 is 1.30 bits per heavy atom. The topological polar surface area (TPSA) is 85.8 Å². The van der Waals surface area contributed by atoms with E-state index in [1.165, 1.54) is 12.1 Å². The average molecular weight is 484 g/mol. The molecule has 1 amide bonds. The lowest BCUT2D eigenvalue weighted by Crippen LogP contribution is -2.24. The lowest BCUT2D eigenvalue weighted by atomic mass is 9.96. The van der Waals surface area contributed by atoms with Crippen LogP contribution in [0.4, 0.5) is 13.2 Å². The lowest BCUT2D eigenvalue weighted by Gasteiger charge is -2.11. The third-order valence-corrected chi connectivity index (χ3v) is 5.62. The van der Waals surface area contributed by atoms with Crippen LogP contribution >= 0.6 is 15.9 Å². The van der Waals surface area contributed by atoms with E-state index in [4.69, 9.17) is 4.52 Å². The summed E-state index contributed by atoms with van der Waals surface area (Å²) >= 11 is 2.85. The highest BCUT2D eigenvalue weighted by molar-refractivity contribution is 9.10. The van der Waals surface area contributed by atoms with Crippen LogP contribution in [-0.4, -0.2) is 25.8 Å². The Bertz CT molecular complexity index is 1110. The molecule has 0 saturated heterocycles. The van der Waals surface area contributed by atoms with Crippen molar-refractivity contribution in [3.05, 3.63) is 50.9 Å². The Morgan fingerprint density at radius 2 is 2.07 bits per heavy atom. The molecule has 2 heterocycles. The Kier molecular flexibility index (Phi) is 5.39. The second-order valence-corrected chi connectivity index (χ2v) is 7.85. The van der Waals surface area contributed by atoms with Crippen LogP contribution in [0.25, 0.3) is 11.6 Å². The highest BCUT2D eigenvalue weighted by Crippen LogP contribution is 2.35. The third-order valence-electron chi connectivity index (χ3n) is 4.93. The average Bonchev–Trinajstić information content (AvgIpc) is 3.28. The van der Waals surface area contributed by atoms with Crippen LogP contribution in [0.15, 0.2) is 27.2 Å². The van der Waals surface area contributed by atoms with E-state index in [9.17, 15) is 18.0 Å². The van der Waals surface area contributed by atoms with Crippen molar-refractivity contribution >= 4 is 21.8 Å². The zero-order valence-corrected chi connectivity index (χ0v) is 17.5. The summed E-state index contributed by atoms with van der Waals surface area (Å²) in [5.74, 6) is -0.144. The molecule has 1 aliphatic carbocycles. The van der Waals surface area contributed by atoms with Crippen molar-refractivity contribution in [2.75, 3.05) is 0 Å². The Labute approximate surface area is 177 Å². The Hall–Kier alpha value is -2.69. The van der Waals surface area contributed by atoms with E-state index in [0.717, 1.165) is 48.7 Å². The van der Waals surface area contributed by atoms with Gasteiger partial charge in [0.15, 0.2) is 5.82 Å². The van der Waals surface area contributed by atoms with Gasteiger partial charge in [0.25, 0.3) is 11.8 Å². The van der Waals surface area contributed by atoms with Crippen molar-refractivity contribution in [1.29, 1.82) is 0 Å². The van der Waals surface area contributed by atoms with Crippen LogP contribution in [-0.2, 0) is 32.6 Å². The number of carbonyl (C=O) groups excluding carboxylic acids is 1. The van der Waals surface area contributed by atoms with E-state index < -0.39 is 17.6 Å².